The van der Waals surface area contributed by atoms with Crippen molar-refractivity contribution in [1.82, 2.24) is 0 Å². The molecule has 0 amide bonds. The molecule has 2 aromatic rings. The van der Waals surface area contributed by atoms with E-state index in [1.807, 2.05) is 42.5 Å². The van der Waals surface area contributed by atoms with E-state index < -0.39 is 0 Å². The van der Waals surface area contributed by atoms with Crippen molar-refractivity contribution in [2.75, 3.05) is 5.75 Å². The molecular formula is C15H14OS. The first-order valence-electron chi connectivity index (χ1n) is 5.53. The highest BCUT2D eigenvalue weighted by molar-refractivity contribution is 8.00. The van der Waals surface area contributed by atoms with E-state index in [1.165, 1.54) is 5.56 Å². The Balaban J connectivity index is 1.97. The van der Waals surface area contributed by atoms with Crippen molar-refractivity contribution in [1.29, 1.82) is 0 Å². The zero-order valence-electron chi connectivity index (χ0n) is 9.72. The van der Waals surface area contributed by atoms with Crippen LogP contribution in [0.2, 0.25) is 0 Å². The Bertz CT molecular complexity index is 505. The number of Topliss-reactive ketones (excluding diaryl/α,β-unsaturated/α-hetero) is 1. The van der Waals surface area contributed by atoms with Gasteiger partial charge in [-0.3, -0.25) is 4.79 Å². The lowest BCUT2D eigenvalue weighted by Gasteiger charge is -2.02. The molecule has 0 radical (unpaired) electrons. The molecule has 0 aliphatic heterocycles. The van der Waals surface area contributed by atoms with E-state index >= 15 is 0 Å². The van der Waals surface area contributed by atoms with Crippen LogP contribution in [0.25, 0.3) is 0 Å². The first-order chi connectivity index (χ1) is 8.25. The topological polar surface area (TPSA) is 17.1 Å². The Kier molecular flexibility index (Phi) is 3.99. The second-order valence-corrected chi connectivity index (χ2v) is 4.94. The van der Waals surface area contributed by atoms with E-state index in [-0.39, 0.29) is 5.78 Å². The Morgan fingerprint density at radius 3 is 2.53 bits per heavy atom. The molecule has 0 saturated carbocycles. The predicted molar refractivity (Wildman–Crippen MR) is 72.7 cm³/mol. The van der Waals surface area contributed by atoms with Gasteiger partial charge in [0.1, 0.15) is 0 Å². The molecule has 0 spiro atoms. The van der Waals surface area contributed by atoms with Crippen LogP contribution in [0.1, 0.15) is 15.9 Å². The summed E-state index contributed by atoms with van der Waals surface area (Å²) in [6, 6.07) is 17.6. The summed E-state index contributed by atoms with van der Waals surface area (Å²) in [5, 5.41) is 0. The van der Waals surface area contributed by atoms with Gasteiger partial charge in [0.2, 0.25) is 0 Å². The summed E-state index contributed by atoms with van der Waals surface area (Å²) < 4.78 is 0. The Hall–Kier alpha value is -1.54. The van der Waals surface area contributed by atoms with Crippen LogP contribution in [0.5, 0.6) is 0 Å². The molecule has 86 valence electrons. The third kappa shape index (κ3) is 3.46. The summed E-state index contributed by atoms with van der Waals surface area (Å²) in [6.45, 7) is 2.06. The van der Waals surface area contributed by atoms with Crippen LogP contribution < -0.4 is 0 Å². The largest absolute Gasteiger partial charge is 0.293 e. The second-order valence-electron chi connectivity index (χ2n) is 3.89. The second kappa shape index (κ2) is 5.69. The number of carbonyl (C=O) groups is 1. The summed E-state index contributed by atoms with van der Waals surface area (Å²) >= 11 is 1.59. The van der Waals surface area contributed by atoms with Gasteiger partial charge in [-0.25, -0.2) is 0 Å². The van der Waals surface area contributed by atoms with Crippen molar-refractivity contribution in [2.45, 2.75) is 11.8 Å². The molecule has 17 heavy (non-hydrogen) atoms. The Labute approximate surface area is 106 Å². The molecule has 2 rings (SSSR count). The fourth-order valence-electron chi connectivity index (χ4n) is 1.56. The maximum atomic E-state index is 11.9. The highest BCUT2D eigenvalue weighted by atomic mass is 32.2. The molecule has 0 aromatic heterocycles. The average molecular weight is 242 g/mol. The summed E-state index contributed by atoms with van der Waals surface area (Å²) in [5.41, 5.74) is 2.01. The first-order valence-corrected chi connectivity index (χ1v) is 6.52. The first kappa shape index (κ1) is 11.9. The highest BCUT2D eigenvalue weighted by Gasteiger charge is 2.05. The molecular weight excluding hydrogens is 228 g/mol. The third-order valence-electron chi connectivity index (χ3n) is 2.46. The maximum Gasteiger partial charge on any atom is 0.173 e. The van der Waals surface area contributed by atoms with Gasteiger partial charge in [-0.05, 0) is 19.1 Å². The van der Waals surface area contributed by atoms with Gasteiger partial charge in [0.05, 0.1) is 5.75 Å². The highest BCUT2D eigenvalue weighted by Crippen LogP contribution is 2.20. The number of aryl methyl sites for hydroxylation is 1. The van der Waals surface area contributed by atoms with Gasteiger partial charge < -0.3 is 0 Å². The van der Waals surface area contributed by atoms with Crippen LogP contribution in [0, 0.1) is 6.92 Å². The number of thioether (sulfide) groups is 1. The number of benzene rings is 2. The average Bonchev–Trinajstić information content (AvgIpc) is 2.37. The molecule has 2 aromatic carbocycles. The van der Waals surface area contributed by atoms with Gasteiger partial charge in [-0.2, -0.15) is 0 Å². The van der Waals surface area contributed by atoms with Crippen molar-refractivity contribution < 1.29 is 4.79 Å². The molecule has 1 nitrogen and oxygen atoms in total. The molecule has 0 aliphatic rings. The molecule has 2 heteroatoms. The van der Waals surface area contributed by atoms with Crippen molar-refractivity contribution in [3.8, 4) is 0 Å². The van der Waals surface area contributed by atoms with Gasteiger partial charge in [-0.15, -0.1) is 11.8 Å². The lowest BCUT2D eigenvalue weighted by Crippen LogP contribution is -2.01. The molecule has 0 atom stereocenters. The zero-order valence-corrected chi connectivity index (χ0v) is 10.5. The Morgan fingerprint density at radius 1 is 1.06 bits per heavy atom. The zero-order chi connectivity index (χ0) is 12.1. The molecule has 0 aliphatic carbocycles. The van der Waals surface area contributed by atoms with Crippen LogP contribution in [0.3, 0.4) is 0 Å². The molecule has 0 bridgehead atoms. The fraction of sp³-hybridized carbons (Fsp3) is 0.133. The molecule has 0 N–H and O–H groups in total. The van der Waals surface area contributed by atoms with Crippen molar-refractivity contribution >= 4 is 17.5 Å². The van der Waals surface area contributed by atoms with E-state index in [4.69, 9.17) is 0 Å². The van der Waals surface area contributed by atoms with Gasteiger partial charge in [-0.1, -0.05) is 48.0 Å². The van der Waals surface area contributed by atoms with Crippen LogP contribution >= 0.6 is 11.8 Å². The van der Waals surface area contributed by atoms with Gasteiger partial charge in [0.15, 0.2) is 5.78 Å². The van der Waals surface area contributed by atoms with Crippen molar-refractivity contribution in [3.63, 3.8) is 0 Å². The molecule has 0 fully saturated rings. The minimum absolute atomic E-state index is 0.178. The van der Waals surface area contributed by atoms with E-state index in [9.17, 15) is 4.79 Å². The summed E-state index contributed by atoms with van der Waals surface area (Å²) in [6.07, 6.45) is 0. The van der Waals surface area contributed by atoms with Crippen LogP contribution in [-0.2, 0) is 0 Å². The number of hydrogen-bond acceptors (Lipinski definition) is 2. The fourth-order valence-corrected chi connectivity index (χ4v) is 2.47. The van der Waals surface area contributed by atoms with E-state index in [1.54, 1.807) is 11.8 Å². The number of rotatable bonds is 4. The van der Waals surface area contributed by atoms with E-state index in [0.717, 1.165) is 10.5 Å². The number of hydrogen-bond donors (Lipinski definition) is 0. The maximum absolute atomic E-state index is 11.9. The number of ketones is 1. The van der Waals surface area contributed by atoms with Crippen molar-refractivity contribution in [3.05, 3.63) is 65.7 Å². The smallest absolute Gasteiger partial charge is 0.173 e. The standard InChI is InChI=1S/C15H14OS/c1-12-6-5-9-14(10-12)17-11-15(16)13-7-3-2-4-8-13/h2-10H,11H2,1H3. The molecule has 0 heterocycles. The third-order valence-corrected chi connectivity index (χ3v) is 3.45. The van der Waals surface area contributed by atoms with Gasteiger partial charge in [0.25, 0.3) is 0 Å². The van der Waals surface area contributed by atoms with Gasteiger partial charge in [0, 0.05) is 10.5 Å². The van der Waals surface area contributed by atoms with Crippen LogP contribution in [0.15, 0.2) is 59.5 Å². The van der Waals surface area contributed by atoms with Crippen LogP contribution in [0.4, 0.5) is 0 Å². The number of carbonyl (C=O) groups excluding carboxylic acids is 1. The summed E-state index contributed by atoms with van der Waals surface area (Å²) in [4.78, 5) is 13.0. The lowest BCUT2D eigenvalue weighted by atomic mass is 10.2. The summed E-state index contributed by atoms with van der Waals surface area (Å²) in [7, 11) is 0. The Morgan fingerprint density at radius 2 is 1.82 bits per heavy atom. The van der Waals surface area contributed by atoms with Crippen LogP contribution in [-0.4, -0.2) is 11.5 Å². The monoisotopic (exact) mass is 242 g/mol. The normalized spacial score (nSPS) is 10.2. The molecule has 0 unspecified atom stereocenters. The lowest BCUT2D eigenvalue weighted by molar-refractivity contribution is 0.102. The molecule has 0 saturated heterocycles. The minimum Gasteiger partial charge on any atom is -0.293 e. The van der Waals surface area contributed by atoms with Crippen molar-refractivity contribution in [2.24, 2.45) is 0 Å². The quantitative estimate of drug-likeness (QED) is 0.596. The van der Waals surface area contributed by atoms with Gasteiger partial charge >= 0.3 is 0 Å². The SMILES string of the molecule is Cc1cccc(SCC(=O)c2ccccc2)c1. The van der Waals surface area contributed by atoms with E-state index in [0.29, 0.717) is 5.75 Å². The minimum atomic E-state index is 0.178. The predicted octanol–water partition coefficient (Wildman–Crippen LogP) is 3.97. The summed E-state index contributed by atoms with van der Waals surface area (Å²) in [5.74, 6) is 0.671. The van der Waals surface area contributed by atoms with E-state index in [2.05, 4.69) is 19.1 Å².